The van der Waals surface area contributed by atoms with Crippen LogP contribution < -0.4 is 37.7 Å². The zero-order valence-electron chi connectivity index (χ0n) is 30.4. The van der Waals surface area contributed by atoms with Crippen molar-refractivity contribution in [2.75, 3.05) is 4.90 Å². The maximum absolute atomic E-state index is 2.56. The molecule has 254 valence electrons. The number of aromatic nitrogens is 1. The summed E-state index contributed by atoms with van der Waals surface area (Å²) in [6.07, 6.45) is 0. The molecule has 3 aliphatic heterocycles. The lowest BCUT2D eigenvalue weighted by Gasteiger charge is -2.37. The molecule has 0 atom stereocenters. The van der Waals surface area contributed by atoms with Gasteiger partial charge in [0.2, 0.25) is 13.4 Å². The molecule has 10 aromatic carbocycles. The highest BCUT2D eigenvalue weighted by Gasteiger charge is 2.43. The largest absolute Gasteiger partial charge is 0.311 e. The van der Waals surface area contributed by atoms with Gasteiger partial charge in [-0.25, -0.2) is 0 Å². The van der Waals surface area contributed by atoms with Crippen molar-refractivity contribution >= 4 is 117 Å². The second-order valence-corrected chi connectivity index (χ2v) is 15.9. The monoisotopic (exact) mass is 704 g/mol. The number of nitrogens with zero attached hydrogens (tertiary/aromatic N) is 2. The number of benzene rings is 10. The highest BCUT2D eigenvalue weighted by Crippen LogP contribution is 2.47. The Kier molecular flexibility index (Phi) is 5.44. The van der Waals surface area contributed by atoms with Crippen LogP contribution in [-0.4, -0.2) is 18.0 Å². The fraction of sp³-hybridized carbons (Fsp3) is 0. The number of anilines is 3. The fourth-order valence-electron chi connectivity index (χ4n) is 11.3. The SMILES string of the molecule is c1ccc(B2c3c(cc4ccc5c6c(cc7ccc3c4c75)B3c4ccccc4-c4cccc(c43)N6c3ccccc3)-n3c4ccccc4c4cccc2c43)cc1. The number of rotatable bonds is 2. The van der Waals surface area contributed by atoms with E-state index in [0.717, 1.165) is 0 Å². The average molecular weight is 704 g/mol. The lowest BCUT2D eigenvalue weighted by molar-refractivity contribution is 1.20. The molecule has 0 saturated carbocycles. The summed E-state index contributed by atoms with van der Waals surface area (Å²) in [4.78, 5) is 2.56. The van der Waals surface area contributed by atoms with Crippen molar-refractivity contribution in [2.45, 2.75) is 0 Å². The lowest BCUT2D eigenvalue weighted by Crippen LogP contribution is -2.56. The zero-order valence-corrected chi connectivity index (χ0v) is 30.4. The van der Waals surface area contributed by atoms with E-state index < -0.39 is 0 Å². The van der Waals surface area contributed by atoms with Gasteiger partial charge in [0.05, 0.1) is 5.52 Å². The van der Waals surface area contributed by atoms with Gasteiger partial charge in [-0.15, -0.1) is 0 Å². The highest BCUT2D eigenvalue weighted by molar-refractivity contribution is 7.02. The van der Waals surface area contributed by atoms with Crippen molar-refractivity contribution in [3.05, 3.63) is 182 Å². The van der Waals surface area contributed by atoms with Gasteiger partial charge in [0.25, 0.3) is 0 Å². The summed E-state index contributed by atoms with van der Waals surface area (Å²) in [5, 5.41) is 10.6. The van der Waals surface area contributed by atoms with Gasteiger partial charge in [-0.1, -0.05) is 163 Å². The minimum Gasteiger partial charge on any atom is -0.311 e. The molecule has 0 amide bonds. The smallest absolute Gasteiger partial charge is 0.248 e. The molecule has 0 N–H and O–H groups in total. The average Bonchev–Trinajstić information content (AvgIpc) is 3.79. The van der Waals surface area contributed by atoms with Gasteiger partial charge in [0.15, 0.2) is 0 Å². The van der Waals surface area contributed by atoms with Crippen LogP contribution in [0, 0.1) is 0 Å². The van der Waals surface area contributed by atoms with Crippen molar-refractivity contribution in [2.24, 2.45) is 0 Å². The van der Waals surface area contributed by atoms with Crippen LogP contribution in [-0.2, 0) is 0 Å². The van der Waals surface area contributed by atoms with E-state index in [1.807, 2.05) is 0 Å². The second kappa shape index (κ2) is 10.4. The van der Waals surface area contributed by atoms with Crippen LogP contribution in [0.5, 0.6) is 0 Å². The van der Waals surface area contributed by atoms with Gasteiger partial charge in [-0.05, 0) is 90.2 Å². The summed E-state index contributed by atoms with van der Waals surface area (Å²) in [6, 6.07) is 68.8. The standard InChI is InChI=1S/C52H30B2N2/c1-3-13-33(14-4-1)53-42-22-11-20-38-36-18-8-10-23-44(36)56(51(38)42)46-30-32-26-28-40-48-31(25-27-39(47(32)48)50(46)53)29-43-52(40)55(34-15-5-2-6-16-34)45-24-12-19-37-35-17-7-9-21-41(35)54(43)49(37)45/h1-30H. The van der Waals surface area contributed by atoms with Gasteiger partial charge in [-0.2, -0.15) is 0 Å². The van der Waals surface area contributed by atoms with Crippen molar-refractivity contribution in [3.8, 4) is 16.8 Å². The van der Waals surface area contributed by atoms with Crippen molar-refractivity contribution in [1.29, 1.82) is 0 Å². The third kappa shape index (κ3) is 3.48. The van der Waals surface area contributed by atoms with E-state index in [4.69, 9.17) is 0 Å². The Morgan fingerprint density at radius 2 is 1.07 bits per heavy atom. The molecule has 1 aromatic heterocycles. The van der Waals surface area contributed by atoms with Crippen molar-refractivity contribution in [3.63, 3.8) is 0 Å². The fourth-order valence-corrected chi connectivity index (χ4v) is 11.3. The van der Waals surface area contributed by atoms with E-state index in [9.17, 15) is 0 Å². The number of para-hydroxylation sites is 3. The second-order valence-electron chi connectivity index (χ2n) is 15.9. The molecule has 0 aliphatic carbocycles. The topological polar surface area (TPSA) is 8.17 Å². The van der Waals surface area contributed by atoms with E-state index in [1.54, 1.807) is 0 Å². The summed E-state index contributed by atoms with van der Waals surface area (Å²) < 4.78 is 2.56. The summed E-state index contributed by atoms with van der Waals surface area (Å²) in [5.41, 5.74) is 18.6. The lowest BCUT2D eigenvalue weighted by atomic mass is 9.35. The number of hydrogen-bond donors (Lipinski definition) is 0. The van der Waals surface area contributed by atoms with Crippen LogP contribution in [0.4, 0.5) is 17.1 Å². The molecule has 4 heteroatoms. The molecule has 0 fully saturated rings. The van der Waals surface area contributed by atoms with E-state index in [0.29, 0.717) is 0 Å². The van der Waals surface area contributed by atoms with Crippen LogP contribution in [0.1, 0.15) is 0 Å². The van der Waals surface area contributed by atoms with Gasteiger partial charge in [-0.3, -0.25) is 0 Å². The van der Waals surface area contributed by atoms with Gasteiger partial charge in [0, 0.05) is 44.4 Å². The van der Waals surface area contributed by atoms with Crippen LogP contribution >= 0.6 is 0 Å². The Bertz CT molecular complexity index is 3500. The Hall–Kier alpha value is -7.03. The molecule has 4 heterocycles. The third-order valence-electron chi connectivity index (χ3n) is 13.3. The molecule has 11 aromatic rings. The first kappa shape index (κ1) is 29.3. The summed E-state index contributed by atoms with van der Waals surface area (Å²) >= 11 is 0. The zero-order chi connectivity index (χ0) is 36.2. The van der Waals surface area contributed by atoms with Gasteiger partial charge < -0.3 is 9.47 Å². The summed E-state index contributed by atoms with van der Waals surface area (Å²) in [5.74, 6) is 0. The Balaban J connectivity index is 1.14. The summed E-state index contributed by atoms with van der Waals surface area (Å²) in [7, 11) is 0. The predicted octanol–water partition coefficient (Wildman–Crippen LogP) is 8.79. The molecule has 3 aliphatic rings. The quantitative estimate of drug-likeness (QED) is 0.129. The predicted molar refractivity (Wildman–Crippen MR) is 240 cm³/mol. The molecule has 56 heavy (non-hydrogen) atoms. The molecule has 2 nitrogen and oxygen atoms in total. The van der Waals surface area contributed by atoms with Crippen molar-refractivity contribution in [1.82, 2.24) is 4.57 Å². The Morgan fingerprint density at radius 3 is 1.96 bits per heavy atom. The molecule has 0 radical (unpaired) electrons. The van der Waals surface area contributed by atoms with Crippen LogP contribution in [0.25, 0.3) is 70.9 Å². The van der Waals surface area contributed by atoms with E-state index in [1.165, 1.54) is 121 Å². The molecule has 0 saturated heterocycles. The van der Waals surface area contributed by atoms with E-state index in [2.05, 4.69) is 191 Å². The van der Waals surface area contributed by atoms with E-state index in [-0.39, 0.29) is 13.4 Å². The third-order valence-corrected chi connectivity index (χ3v) is 13.3. The molecule has 0 spiro atoms. The number of hydrogen-bond acceptors (Lipinski definition) is 1. The Morgan fingerprint density at radius 1 is 0.393 bits per heavy atom. The first-order valence-electron chi connectivity index (χ1n) is 19.8. The highest BCUT2D eigenvalue weighted by atomic mass is 15.2. The maximum Gasteiger partial charge on any atom is 0.248 e. The first-order valence-corrected chi connectivity index (χ1v) is 19.8. The minimum atomic E-state index is 0.0892. The van der Waals surface area contributed by atoms with E-state index >= 15 is 0 Å². The molecular weight excluding hydrogens is 674 g/mol. The molecular formula is C52H30B2N2. The van der Waals surface area contributed by atoms with Gasteiger partial charge >= 0.3 is 0 Å². The maximum atomic E-state index is 2.56. The normalized spacial score (nSPS) is 13.6. The molecule has 0 unspecified atom stereocenters. The first-order chi connectivity index (χ1) is 27.8. The molecule has 0 bridgehead atoms. The number of fused-ring (bicyclic) bond motifs is 12. The van der Waals surface area contributed by atoms with Crippen LogP contribution in [0.3, 0.4) is 0 Å². The van der Waals surface area contributed by atoms with Gasteiger partial charge in [0.1, 0.15) is 0 Å². The van der Waals surface area contributed by atoms with Crippen LogP contribution in [0.2, 0.25) is 0 Å². The molecule has 14 rings (SSSR count). The minimum absolute atomic E-state index is 0.0892. The Labute approximate surface area is 324 Å². The van der Waals surface area contributed by atoms with Crippen LogP contribution in [0.15, 0.2) is 182 Å². The summed E-state index contributed by atoms with van der Waals surface area (Å²) in [6.45, 7) is 0.261. The van der Waals surface area contributed by atoms with Crippen molar-refractivity contribution < 1.29 is 0 Å².